The SMILES string of the molecule is CC(C)CNC(=O)/C=C/C=C/CCCCCCCc1ccc2c(c1)OCO2. The average Bonchev–Trinajstić information content (AvgIpc) is 3.12. The Balaban J connectivity index is 1.45. The summed E-state index contributed by atoms with van der Waals surface area (Å²) in [6, 6.07) is 6.24. The van der Waals surface area contributed by atoms with Crippen LogP contribution in [0.5, 0.6) is 11.5 Å². The van der Waals surface area contributed by atoms with Crippen LogP contribution < -0.4 is 14.8 Å². The largest absolute Gasteiger partial charge is 0.454 e. The van der Waals surface area contributed by atoms with Gasteiger partial charge in [-0.25, -0.2) is 0 Å². The van der Waals surface area contributed by atoms with Crippen LogP contribution in [0.25, 0.3) is 0 Å². The van der Waals surface area contributed by atoms with Gasteiger partial charge in [-0.1, -0.05) is 57.4 Å². The van der Waals surface area contributed by atoms with Crippen LogP contribution in [0.15, 0.2) is 42.5 Å². The Bertz CT molecular complexity index is 635. The van der Waals surface area contributed by atoms with Crippen molar-refractivity contribution in [3.05, 3.63) is 48.1 Å². The van der Waals surface area contributed by atoms with Gasteiger partial charge in [-0.05, 0) is 49.3 Å². The number of unbranched alkanes of at least 4 members (excludes halogenated alkanes) is 5. The zero-order chi connectivity index (χ0) is 19.3. The standard InChI is InChI=1S/C23H33NO3/c1-19(2)17-24-23(25)13-11-9-7-5-3-4-6-8-10-12-20-14-15-21-22(16-20)27-18-26-21/h7,9,11,13-16,19H,3-6,8,10,12,17-18H2,1-2H3,(H,24,25)/b9-7+,13-11+. The second-order valence-corrected chi connectivity index (χ2v) is 7.42. The molecule has 1 heterocycles. The van der Waals surface area contributed by atoms with Gasteiger partial charge in [-0.3, -0.25) is 4.79 Å². The lowest BCUT2D eigenvalue weighted by Crippen LogP contribution is -2.25. The smallest absolute Gasteiger partial charge is 0.243 e. The zero-order valence-electron chi connectivity index (χ0n) is 16.7. The Labute approximate surface area is 163 Å². The van der Waals surface area contributed by atoms with E-state index in [9.17, 15) is 4.79 Å². The molecular weight excluding hydrogens is 338 g/mol. The van der Waals surface area contributed by atoms with Crippen molar-refractivity contribution >= 4 is 5.91 Å². The lowest BCUT2D eigenvalue weighted by atomic mass is 10.0. The molecule has 27 heavy (non-hydrogen) atoms. The lowest BCUT2D eigenvalue weighted by molar-refractivity contribution is -0.116. The minimum Gasteiger partial charge on any atom is -0.454 e. The predicted molar refractivity (Wildman–Crippen MR) is 110 cm³/mol. The average molecular weight is 372 g/mol. The van der Waals surface area contributed by atoms with Gasteiger partial charge in [0.25, 0.3) is 0 Å². The van der Waals surface area contributed by atoms with Crippen LogP contribution in [0.1, 0.15) is 57.9 Å². The molecule has 2 rings (SSSR count). The third-order valence-corrected chi connectivity index (χ3v) is 4.45. The van der Waals surface area contributed by atoms with E-state index in [1.54, 1.807) is 6.08 Å². The molecule has 0 saturated carbocycles. The van der Waals surface area contributed by atoms with Gasteiger partial charge in [0.2, 0.25) is 12.7 Å². The number of nitrogens with one attached hydrogen (secondary N) is 1. The summed E-state index contributed by atoms with van der Waals surface area (Å²) in [4.78, 5) is 11.5. The Morgan fingerprint density at radius 3 is 2.70 bits per heavy atom. The molecule has 1 amide bonds. The lowest BCUT2D eigenvalue weighted by Gasteiger charge is -2.03. The third kappa shape index (κ3) is 8.80. The number of fused-ring (bicyclic) bond motifs is 1. The van der Waals surface area contributed by atoms with Crippen molar-refractivity contribution in [3.63, 3.8) is 0 Å². The fraction of sp³-hybridized carbons (Fsp3) is 0.522. The topological polar surface area (TPSA) is 47.6 Å². The van der Waals surface area contributed by atoms with Gasteiger partial charge in [-0.2, -0.15) is 0 Å². The molecule has 148 valence electrons. The molecule has 0 bridgehead atoms. The van der Waals surface area contributed by atoms with E-state index < -0.39 is 0 Å². The van der Waals surface area contributed by atoms with Crippen molar-refractivity contribution < 1.29 is 14.3 Å². The summed E-state index contributed by atoms with van der Waals surface area (Å²) in [7, 11) is 0. The number of rotatable bonds is 12. The summed E-state index contributed by atoms with van der Waals surface area (Å²) in [5.41, 5.74) is 1.33. The molecule has 0 unspecified atom stereocenters. The first-order valence-electron chi connectivity index (χ1n) is 10.1. The maximum Gasteiger partial charge on any atom is 0.243 e. The monoisotopic (exact) mass is 371 g/mol. The van der Waals surface area contributed by atoms with Crippen molar-refractivity contribution in [2.24, 2.45) is 5.92 Å². The molecule has 0 atom stereocenters. The number of aryl methyl sites for hydroxylation is 1. The highest BCUT2D eigenvalue weighted by Gasteiger charge is 2.12. The molecule has 1 aliphatic rings. The second-order valence-electron chi connectivity index (χ2n) is 7.42. The second kappa shape index (κ2) is 12.2. The van der Waals surface area contributed by atoms with Gasteiger partial charge in [0, 0.05) is 12.6 Å². The Morgan fingerprint density at radius 1 is 1.07 bits per heavy atom. The van der Waals surface area contributed by atoms with Crippen LogP contribution in [0.4, 0.5) is 0 Å². The van der Waals surface area contributed by atoms with Gasteiger partial charge in [0.15, 0.2) is 11.5 Å². The summed E-state index contributed by atoms with van der Waals surface area (Å²) in [6.45, 7) is 5.23. The fourth-order valence-electron chi connectivity index (χ4n) is 2.90. The first kappa shape index (κ1) is 21.1. The van der Waals surface area contributed by atoms with Crippen molar-refractivity contribution in [2.45, 2.75) is 58.8 Å². The van der Waals surface area contributed by atoms with E-state index in [0.717, 1.165) is 30.9 Å². The maximum atomic E-state index is 11.5. The molecule has 1 N–H and O–H groups in total. The first-order chi connectivity index (χ1) is 13.1. The molecule has 4 heteroatoms. The predicted octanol–water partition coefficient (Wildman–Crippen LogP) is 5.18. The molecule has 4 nitrogen and oxygen atoms in total. The van der Waals surface area contributed by atoms with E-state index in [1.807, 2.05) is 18.2 Å². The van der Waals surface area contributed by atoms with E-state index in [2.05, 4.69) is 37.4 Å². The van der Waals surface area contributed by atoms with Crippen molar-refractivity contribution in [1.82, 2.24) is 5.32 Å². The van der Waals surface area contributed by atoms with Gasteiger partial charge in [0.05, 0.1) is 0 Å². The minimum absolute atomic E-state index is 0.0178. The van der Waals surface area contributed by atoms with E-state index in [4.69, 9.17) is 9.47 Å². The van der Waals surface area contributed by atoms with Crippen LogP contribution in [0.2, 0.25) is 0 Å². The number of hydrogen-bond acceptors (Lipinski definition) is 3. The molecule has 0 fully saturated rings. The van der Waals surface area contributed by atoms with E-state index in [0.29, 0.717) is 12.7 Å². The van der Waals surface area contributed by atoms with Crippen LogP contribution in [0, 0.1) is 5.92 Å². The highest BCUT2D eigenvalue weighted by atomic mass is 16.7. The Hall–Kier alpha value is -2.23. The third-order valence-electron chi connectivity index (χ3n) is 4.45. The molecule has 1 aromatic carbocycles. The number of hydrogen-bond donors (Lipinski definition) is 1. The minimum atomic E-state index is -0.0178. The Kier molecular flexibility index (Phi) is 9.53. The highest BCUT2D eigenvalue weighted by molar-refractivity contribution is 5.87. The quantitative estimate of drug-likeness (QED) is 0.313. The maximum absolute atomic E-state index is 11.5. The van der Waals surface area contributed by atoms with Crippen molar-refractivity contribution in [2.75, 3.05) is 13.3 Å². The molecule has 0 spiro atoms. The molecular formula is C23H33NO3. The summed E-state index contributed by atoms with van der Waals surface area (Å²) in [5, 5.41) is 2.86. The van der Waals surface area contributed by atoms with Crippen molar-refractivity contribution in [3.8, 4) is 11.5 Å². The summed E-state index contributed by atoms with van der Waals surface area (Å²) in [5.74, 6) is 2.20. The number of benzene rings is 1. The molecule has 0 saturated heterocycles. The number of carbonyl (C=O) groups is 1. The van der Waals surface area contributed by atoms with Gasteiger partial charge in [-0.15, -0.1) is 0 Å². The van der Waals surface area contributed by atoms with Crippen LogP contribution in [-0.2, 0) is 11.2 Å². The number of carbonyl (C=O) groups excluding carboxylic acids is 1. The van der Waals surface area contributed by atoms with Gasteiger partial charge >= 0.3 is 0 Å². The zero-order valence-corrected chi connectivity index (χ0v) is 16.7. The number of amides is 1. The van der Waals surface area contributed by atoms with Gasteiger partial charge in [0.1, 0.15) is 0 Å². The highest BCUT2D eigenvalue weighted by Crippen LogP contribution is 2.32. The summed E-state index contributed by atoms with van der Waals surface area (Å²) < 4.78 is 10.8. The molecule has 0 aliphatic carbocycles. The van der Waals surface area contributed by atoms with E-state index in [-0.39, 0.29) is 5.91 Å². The molecule has 0 aromatic heterocycles. The van der Waals surface area contributed by atoms with Crippen LogP contribution in [0.3, 0.4) is 0 Å². The first-order valence-corrected chi connectivity index (χ1v) is 10.1. The normalized spacial score (nSPS) is 13.1. The molecule has 1 aliphatic heterocycles. The van der Waals surface area contributed by atoms with E-state index in [1.165, 1.54) is 37.7 Å². The van der Waals surface area contributed by atoms with Crippen molar-refractivity contribution in [1.29, 1.82) is 0 Å². The van der Waals surface area contributed by atoms with Crippen LogP contribution in [-0.4, -0.2) is 19.2 Å². The van der Waals surface area contributed by atoms with Gasteiger partial charge < -0.3 is 14.8 Å². The summed E-state index contributed by atoms with van der Waals surface area (Å²) in [6.07, 6.45) is 15.9. The molecule has 0 radical (unpaired) electrons. The number of ether oxygens (including phenoxy) is 2. The fourth-order valence-corrected chi connectivity index (χ4v) is 2.90. The summed E-state index contributed by atoms with van der Waals surface area (Å²) >= 11 is 0. The molecule has 1 aromatic rings. The van der Waals surface area contributed by atoms with E-state index >= 15 is 0 Å². The van der Waals surface area contributed by atoms with Crippen LogP contribution >= 0.6 is 0 Å². The number of allylic oxidation sites excluding steroid dienone is 3. The Morgan fingerprint density at radius 2 is 1.85 bits per heavy atom.